The summed E-state index contributed by atoms with van der Waals surface area (Å²) in [5, 5.41) is 0.834. The fourth-order valence-corrected chi connectivity index (χ4v) is 7.03. The Bertz CT molecular complexity index is 1090. The van der Waals surface area contributed by atoms with Crippen LogP contribution >= 0.6 is 11.8 Å². The first kappa shape index (κ1) is 29.3. The van der Waals surface area contributed by atoms with E-state index in [1.54, 1.807) is 6.92 Å². The minimum Gasteiger partial charge on any atom is -0.408 e. The maximum atomic E-state index is 11.9. The van der Waals surface area contributed by atoms with Gasteiger partial charge in [0.1, 0.15) is 30.0 Å². The largest absolute Gasteiger partial charge is 0.408 e. The lowest BCUT2D eigenvalue weighted by Gasteiger charge is -2.44. The van der Waals surface area contributed by atoms with E-state index in [0.29, 0.717) is 17.2 Å². The lowest BCUT2D eigenvalue weighted by Crippen LogP contribution is -2.53. The molecule has 0 bridgehead atoms. The second-order valence-electron chi connectivity index (χ2n) is 12.8. The number of nitrogen functional groups attached to an aromatic ring is 1. The Balaban J connectivity index is 2.13. The predicted molar refractivity (Wildman–Crippen MR) is 153 cm³/mol. The summed E-state index contributed by atoms with van der Waals surface area (Å²) in [5.41, 5.74) is 6.84. The van der Waals surface area contributed by atoms with E-state index in [4.69, 9.17) is 19.3 Å². The molecule has 1 aliphatic heterocycles. The molecule has 2 aromatic heterocycles. The molecule has 4 atom stereocenters. The summed E-state index contributed by atoms with van der Waals surface area (Å²) in [5.74, 6) is 0.926. The lowest BCUT2D eigenvalue weighted by molar-refractivity contribution is -0.109. The highest BCUT2D eigenvalue weighted by Crippen LogP contribution is 2.46. The molecule has 0 aromatic carbocycles. The fraction of sp³-hybridized carbons (Fsp3) is 0.720. The summed E-state index contributed by atoms with van der Waals surface area (Å²) in [6.07, 6.45) is 1.92. The van der Waals surface area contributed by atoms with Crippen LogP contribution in [0.4, 0.5) is 5.82 Å². The first-order valence-corrected chi connectivity index (χ1v) is 19.4. The Labute approximate surface area is 222 Å². The molecule has 8 nitrogen and oxygen atoms in total. The molecule has 3 heterocycles. The Morgan fingerprint density at radius 1 is 1.06 bits per heavy atom. The van der Waals surface area contributed by atoms with E-state index in [-0.39, 0.29) is 33.5 Å². The number of thioether (sulfide) groups is 1. The zero-order chi connectivity index (χ0) is 27.3. The number of nitrogens with zero attached hydrogens (tertiary/aromatic N) is 3. The quantitative estimate of drug-likeness (QED) is 0.419. The third kappa shape index (κ3) is 5.91. The van der Waals surface area contributed by atoms with Crippen molar-refractivity contribution in [1.29, 1.82) is 0 Å². The van der Waals surface area contributed by atoms with Crippen LogP contribution in [0, 0.1) is 0 Å². The molecule has 3 rings (SSSR count). The van der Waals surface area contributed by atoms with Crippen LogP contribution in [0.5, 0.6) is 0 Å². The zero-order valence-electron chi connectivity index (χ0n) is 23.7. The van der Waals surface area contributed by atoms with Crippen LogP contribution in [-0.2, 0) is 18.4 Å². The number of carbonyl (C=O) groups excluding carboxylic acids is 1. The van der Waals surface area contributed by atoms with E-state index < -0.39 is 22.9 Å². The predicted octanol–water partition coefficient (Wildman–Crippen LogP) is 5.97. The molecule has 1 aliphatic rings. The molecule has 0 saturated carbocycles. The third-order valence-corrected chi connectivity index (χ3v) is 17.9. The minimum absolute atomic E-state index is 0.00332. The number of aromatic nitrogens is 3. The molecule has 1 saturated heterocycles. The topological polar surface area (TPSA) is 101 Å². The molecule has 202 valence electrons. The van der Waals surface area contributed by atoms with Gasteiger partial charge in [-0.05, 0) is 42.3 Å². The number of anilines is 1. The van der Waals surface area contributed by atoms with Crippen molar-refractivity contribution in [3.63, 3.8) is 0 Å². The molecule has 0 unspecified atom stereocenters. The van der Waals surface area contributed by atoms with Gasteiger partial charge in [-0.3, -0.25) is 4.79 Å². The van der Waals surface area contributed by atoms with Crippen molar-refractivity contribution >= 4 is 50.4 Å². The number of rotatable bonds is 7. The number of nitrogens with two attached hydrogens (primary N) is 1. The van der Waals surface area contributed by atoms with E-state index in [2.05, 4.69) is 77.7 Å². The van der Waals surface area contributed by atoms with E-state index in [1.165, 1.54) is 18.1 Å². The van der Waals surface area contributed by atoms with Gasteiger partial charge in [-0.15, -0.1) is 0 Å². The fourth-order valence-electron chi connectivity index (χ4n) is 3.76. The summed E-state index contributed by atoms with van der Waals surface area (Å²) >= 11 is 1.27. The molecule has 2 N–H and O–H groups in total. The maximum Gasteiger partial charge on any atom is 0.192 e. The van der Waals surface area contributed by atoms with Crippen molar-refractivity contribution < 1.29 is 18.4 Å². The van der Waals surface area contributed by atoms with Crippen molar-refractivity contribution in [2.24, 2.45) is 0 Å². The van der Waals surface area contributed by atoms with Gasteiger partial charge in [0.15, 0.2) is 28.0 Å². The zero-order valence-corrected chi connectivity index (χ0v) is 26.5. The van der Waals surface area contributed by atoms with Crippen LogP contribution in [-0.4, -0.2) is 60.3 Å². The molecule has 0 amide bonds. The SMILES string of the molecule is CC(=O)SC[C@H]1O[C@@H](n2ccc3c(N)ncnc32)[C@H](O[Si](C)(C)C(C)(C)C)[C@@H]1O[Si](C)(C)C(C)(C)C. The first-order valence-electron chi connectivity index (χ1n) is 12.6. The van der Waals surface area contributed by atoms with Crippen LogP contribution in [0.25, 0.3) is 11.0 Å². The standard InChI is InChI=1S/C25H44N4O4SSi2/c1-16(30)34-14-18-19(32-35(8,9)24(2,3)4)20(33-36(10,11)25(5,6)7)23(31-18)29-13-12-17-21(26)27-15-28-22(17)29/h12-13,15,18-20,23H,14H2,1-11H3,(H2,26,27,28)/t18-,19-,20-,23-/m1/s1. The number of carbonyl (C=O) groups is 1. The Morgan fingerprint density at radius 2 is 1.61 bits per heavy atom. The highest BCUT2D eigenvalue weighted by molar-refractivity contribution is 8.13. The van der Waals surface area contributed by atoms with E-state index in [9.17, 15) is 4.79 Å². The number of hydrogen-bond acceptors (Lipinski definition) is 8. The molecule has 11 heteroatoms. The normalized spacial score (nSPS) is 24.0. The lowest BCUT2D eigenvalue weighted by atomic mass is 10.1. The molecular weight excluding hydrogens is 509 g/mol. The number of fused-ring (bicyclic) bond motifs is 1. The van der Waals surface area contributed by atoms with E-state index >= 15 is 0 Å². The molecular formula is C25H44N4O4SSi2. The second-order valence-corrected chi connectivity index (χ2v) is 23.5. The van der Waals surface area contributed by atoms with Crippen molar-refractivity contribution in [3.05, 3.63) is 18.6 Å². The first-order chi connectivity index (χ1) is 16.4. The molecule has 0 aliphatic carbocycles. The molecule has 0 spiro atoms. The van der Waals surface area contributed by atoms with Crippen molar-refractivity contribution in [3.8, 4) is 0 Å². The van der Waals surface area contributed by atoms with E-state index in [0.717, 1.165) is 5.39 Å². The summed E-state index contributed by atoms with van der Waals surface area (Å²) in [7, 11) is -4.43. The molecule has 36 heavy (non-hydrogen) atoms. The summed E-state index contributed by atoms with van der Waals surface area (Å²) < 4.78 is 22.9. The van der Waals surface area contributed by atoms with Gasteiger partial charge in [-0.25, -0.2) is 9.97 Å². The second kappa shape index (κ2) is 10.1. The van der Waals surface area contributed by atoms with Gasteiger partial charge in [0.2, 0.25) is 0 Å². The van der Waals surface area contributed by atoms with Gasteiger partial charge < -0.3 is 23.9 Å². The number of hydrogen-bond donors (Lipinski definition) is 1. The highest BCUT2D eigenvalue weighted by atomic mass is 32.2. The van der Waals surface area contributed by atoms with Gasteiger partial charge in [0.25, 0.3) is 0 Å². The van der Waals surface area contributed by atoms with Crippen LogP contribution in [0.2, 0.25) is 36.3 Å². The van der Waals surface area contributed by atoms with Gasteiger partial charge in [0.05, 0.1) is 11.5 Å². The minimum atomic E-state index is -2.23. The summed E-state index contributed by atoms with van der Waals surface area (Å²) in [4.78, 5) is 20.6. The monoisotopic (exact) mass is 552 g/mol. The average molecular weight is 553 g/mol. The van der Waals surface area contributed by atoms with Crippen LogP contribution in [0.15, 0.2) is 18.6 Å². The molecule has 2 aromatic rings. The smallest absolute Gasteiger partial charge is 0.192 e. The highest BCUT2D eigenvalue weighted by Gasteiger charge is 2.54. The van der Waals surface area contributed by atoms with Crippen molar-refractivity contribution in [2.75, 3.05) is 11.5 Å². The van der Waals surface area contributed by atoms with Gasteiger partial charge >= 0.3 is 0 Å². The maximum absolute atomic E-state index is 11.9. The Hall–Kier alpha value is -1.25. The molecule has 1 fully saturated rings. The van der Waals surface area contributed by atoms with Crippen LogP contribution in [0.1, 0.15) is 54.7 Å². The van der Waals surface area contributed by atoms with Crippen LogP contribution in [0.3, 0.4) is 0 Å². The molecule has 0 radical (unpaired) electrons. The summed E-state index contributed by atoms with van der Waals surface area (Å²) in [6.45, 7) is 24.0. The van der Waals surface area contributed by atoms with Crippen molar-refractivity contribution in [1.82, 2.24) is 14.5 Å². The third-order valence-electron chi connectivity index (χ3n) is 8.02. The van der Waals surface area contributed by atoms with Gasteiger partial charge in [-0.1, -0.05) is 53.3 Å². The summed E-state index contributed by atoms with van der Waals surface area (Å²) in [6, 6.07) is 1.92. The van der Waals surface area contributed by atoms with Gasteiger partial charge in [0, 0.05) is 18.9 Å². The Morgan fingerprint density at radius 3 is 2.14 bits per heavy atom. The van der Waals surface area contributed by atoms with E-state index in [1.807, 2.05) is 16.8 Å². The van der Waals surface area contributed by atoms with Crippen LogP contribution < -0.4 is 5.73 Å². The number of ether oxygens (including phenoxy) is 1. The van der Waals surface area contributed by atoms with Gasteiger partial charge in [-0.2, -0.15) is 0 Å². The van der Waals surface area contributed by atoms with Crippen molar-refractivity contribution in [2.45, 2.75) is 109 Å². The Kier molecular flexibility index (Phi) is 8.26. The average Bonchev–Trinajstić information content (AvgIpc) is 3.27.